The van der Waals surface area contributed by atoms with E-state index >= 15 is 0 Å². The molecule has 13 heavy (non-hydrogen) atoms. The van der Waals surface area contributed by atoms with Gasteiger partial charge in [0.05, 0.1) is 6.10 Å². The molecule has 0 saturated carbocycles. The molecule has 1 saturated heterocycles. The first-order chi connectivity index (χ1) is 6.36. The van der Waals surface area contributed by atoms with Crippen LogP contribution in [0.4, 0.5) is 0 Å². The zero-order valence-electron chi connectivity index (χ0n) is 7.68. The van der Waals surface area contributed by atoms with Gasteiger partial charge >= 0.3 is 0 Å². The molecule has 1 heterocycles. The maximum atomic E-state index is 5.78. The lowest BCUT2D eigenvalue weighted by atomic mass is 10.2. The van der Waals surface area contributed by atoms with Gasteiger partial charge in [0.1, 0.15) is 0 Å². The summed E-state index contributed by atoms with van der Waals surface area (Å²) in [7, 11) is 0. The van der Waals surface area contributed by atoms with Crippen molar-refractivity contribution in [3.8, 4) is 0 Å². The van der Waals surface area contributed by atoms with Crippen LogP contribution >= 0.6 is 31.9 Å². The Bertz CT molecular complexity index is 124. The van der Waals surface area contributed by atoms with E-state index < -0.39 is 0 Å². The summed E-state index contributed by atoms with van der Waals surface area (Å²) in [5, 5.41) is 1.87. The third-order valence-corrected chi connectivity index (χ3v) is 3.27. The highest BCUT2D eigenvalue weighted by Gasteiger charge is 2.18. The molecule has 0 N–H and O–H groups in total. The number of ether oxygens (including phenoxy) is 2. The summed E-state index contributed by atoms with van der Waals surface area (Å²) in [5.41, 5.74) is 0. The third-order valence-electron chi connectivity index (χ3n) is 2.09. The van der Waals surface area contributed by atoms with E-state index in [-0.39, 0.29) is 12.4 Å². The van der Waals surface area contributed by atoms with Crippen molar-refractivity contribution in [1.82, 2.24) is 0 Å². The Hall–Kier alpha value is 0.880. The summed E-state index contributed by atoms with van der Waals surface area (Å²) >= 11 is 6.86. The van der Waals surface area contributed by atoms with Crippen LogP contribution in [0.15, 0.2) is 0 Å². The van der Waals surface area contributed by atoms with E-state index in [9.17, 15) is 0 Å². The van der Waals surface area contributed by atoms with E-state index in [0.29, 0.717) is 0 Å². The number of alkyl halides is 2. The predicted molar refractivity (Wildman–Crippen MR) is 60.7 cm³/mol. The van der Waals surface area contributed by atoms with E-state index in [4.69, 9.17) is 9.47 Å². The van der Waals surface area contributed by atoms with Crippen LogP contribution < -0.4 is 0 Å². The fourth-order valence-corrected chi connectivity index (χ4v) is 2.32. The lowest BCUT2D eigenvalue weighted by molar-refractivity contribution is -0.183. The van der Waals surface area contributed by atoms with Gasteiger partial charge in [0.15, 0.2) is 6.29 Å². The fourth-order valence-electron chi connectivity index (χ4n) is 1.34. The minimum atomic E-state index is 0.0374. The Morgan fingerprint density at radius 1 is 1.38 bits per heavy atom. The molecule has 0 aliphatic carbocycles. The van der Waals surface area contributed by atoms with Gasteiger partial charge in [-0.3, -0.25) is 0 Å². The Morgan fingerprint density at radius 2 is 2.23 bits per heavy atom. The molecular formula is C9H16Br2O2. The monoisotopic (exact) mass is 314 g/mol. The number of rotatable bonds is 5. The average molecular weight is 316 g/mol. The molecule has 2 unspecified atom stereocenters. The van der Waals surface area contributed by atoms with Crippen molar-refractivity contribution in [3.63, 3.8) is 0 Å². The van der Waals surface area contributed by atoms with Crippen molar-refractivity contribution in [2.45, 2.75) is 38.1 Å². The first-order valence-corrected chi connectivity index (χ1v) is 7.00. The molecule has 0 spiro atoms. The van der Waals surface area contributed by atoms with Crippen molar-refractivity contribution in [2.24, 2.45) is 0 Å². The maximum Gasteiger partial charge on any atom is 0.157 e. The largest absolute Gasteiger partial charge is 0.353 e. The van der Waals surface area contributed by atoms with E-state index in [2.05, 4.69) is 31.9 Å². The number of hydrogen-bond donors (Lipinski definition) is 0. The molecule has 1 aliphatic heterocycles. The van der Waals surface area contributed by atoms with Crippen molar-refractivity contribution in [1.29, 1.82) is 0 Å². The smallest absolute Gasteiger partial charge is 0.157 e. The first-order valence-electron chi connectivity index (χ1n) is 4.76. The van der Waals surface area contributed by atoms with E-state index in [0.717, 1.165) is 30.1 Å². The van der Waals surface area contributed by atoms with Crippen LogP contribution in [0.1, 0.15) is 25.7 Å². The zero-order valence-corrected chi connectivity index (χ0v) is 10.8. The van der Waals surface area contributed by atoms with Gasteiger partial charge in [-0.1, -0.05) is 31.9 Å². The van der Waals surface area contributed by atoms with Crippen LogP contribution in [0.2, 0.25) is 0 Å². The van der Waals surface area contributed by atoms with Crippen LogP contribution in [-0.2, 0) is 9.47 Å². The van der Waals surface area contributed by atoms with Crippen LogP contribution in [0.25, 0.3) is 0 Å². The van der Waals surface area contributed by atoms with Crippen molar-refractivity contribution in [3.05, 3.63) is 0 Å². The van der Waals surface area contributed by atoms with Crippen molar-refractivity contribution < 1.29 is 9.47 Å². The summed E-state index contributed by atoms with van der Waals surface area (Å²) < 4.78 is 11.3. The minimum absolute atomic E-state index is 0.0374. The molecule has 2 atom stereocenters. The molecule has 0 aromatic carbocycles. The summed E-state index contributed by atoms with van der Waals surface area (Å²) in [5.74, 6) is 0. The van der Waals surface area contributed by atoms with Gasteiger partial charge in [-0.15, -0.1) is 0 Å². The lowest BCUT2D eigenvalue weighted by Gasteiger charge is -2.26. The normalized spacial score (nSPS) is 25.8. The highest BCUT2D eigenvalue weighted by Crippen LogP contribution is 2.17. The van der Waals surface area contributed by atoms with Gasteiger partial charge < -0.3 is 9.47 Å². The topological polar surface area (TPSA) is 18.5 Å². The summed E-state index contributed by atoms with van der Waals surface area (Å²) in [4.78, 5) is 0. The van der Waals surface area contributed by atoms with E-state index in [1.165, 1.54) is 12.8 Å². The summed E-state index contributed by atoms with van der Waals surface area (Å²) in [6.07, 6.45) is 4.81. The zero-order chi connectivity index (χ0) is 9.52. The van der Waals surface area contributed by atoms with E-state index in [1.54, 1.807) is 0 Å². The molecule has 0 amide bonds. The Labute approximate surface area is 96.6 Å². The van der Waals surface area contributed by atoms with Crippen LogP contribution in [0.3, 0.4) is 0 Å². The molecule has 78 valence electrons. The molecular weight excluding hydrogens is 300 g/mol. The van der Waals surface area contributed by atoms with Crippen molar-refractivity contribution in [2.75, 3.05) is 17.3 Å². The van der Waals surface area contributed by atoms with Crippen molar-refractivity contribution >= 4 is 31.9 Å². The highest BCUT2D eigenvalue weighted by molar-refractivity contribution is 9.09. The third kappa shape index (κ3) is 4.77. The van der Waals surface area contributed by atoms with Gasteiger partial charge in [-0.2, -0.15) is 0 Å². The second-order valence-electron chi connectivity index (χ2n) is 3.19. The van der Waals surface area contributed by atoms with Crippen LogP contribution in [0, 0.1) is 0 Å². The Kier molecular flexibility index (Phi) is 6.63. The second kappa shape index (κ2) is 7.21. The van der Waals surface area contributed by atoms with Gasteiger partial charge in [-0.25, -0.2) is 0 Å². The van der Waals surface area contributed by atoms with Crippen LogP contribution in [-0.4, -0.2) is 29.7 Å². The van der Waals surface area contributed by atoms with Gasteiger partial charge in [0, 0.05) is 17.3 Å². The van der Waals surface area contributed by atoms with Gasteiger partial charge in [0.25, 0.3) is 0 Å². The molecule has 0 bridgehead atoms. The molecule has 1 rings (SSSR count). The maximum absolute atomic E-state index is 5.78. The molecule has 0 aromatic rings. The highest BCUT2D eigenvalue weighted by atomic mass is 79.9. The van der Waals surface area contributed by atoms with Gasteiger partial charge in [-0.05, 0) is 25.7 Å². The second-order valence-corrected chi connectivity index (χ2v) is 4.63. The molecule has 1 fully saturated rings. The molecule has 0 aromatic heterocycles. The lowest BCUT2D eigenvalue weighted by Crippen LogP contribution is -2.29. The SMILES string of the molecule is BrCCC(CBr)OC1CCCCO1. The molecule has 1 aliphatic rings. The average Bonchev–Trinajstić information content (AvgIpc) is 2.19. The molecule has 4 heteroatoms. The van der Waals surface area contributed by atoms with Gasteiger partial charge in [0.2, 0.25) is 0 Å². The Balaban J connectivity index is 2.18. The summed E-state index contributed by atoms with van der Waals surface area (Å²) in [6, 6.07) is 0. The van der Waals surface area contributed by atoms with E-state index in [1.807, 2.05) is 0 Å². The fraction of sp³-hybridized carbons (Fsp3) is 1.00. The van der Waals surface area contributed by atoms with Crippen LogP contribution in [0.5, 0.6) is 0 Å². The quantitative estimate of drug-likeness (QED) is 0.726. The summed E-state index contributed by atoms with van der Waals surface area (Å²) in [6.45, 7) is 0.855. The number of hydrogen-bond acceptors (Lipinski definition) is 2. The minimum Gasteiger partial charge on any atom is -0.353 e. The standard InChI is InChI=1S/C9H16Br2O2/c10-5-4-8(7-11)13-9-3-1-2-6-12-9/h8-9H,1-7H2. The molecule has 0 radical (unpaired) electrons. The predicted octanol–water partition coefficient (Wildman–Crippen LogP) is 3.08. The first kappa shape index (κ1) is 12.0. The Morgan fingerprint density at radius 3 is 2.77 bits per heavy atom. The number of halogens is 2. The molecule has 2 nitrogen and oxygen atoms in total.